The van der Waals surface area contributed by atoms with Crippen LogP contribution in [0.5, 0.6) is 0 Å². The number of benzene rings is 2. The molecule has 2 N–H and O–H groups in total. The maximum absolute atomic E-state index is 13.0. The Morgan fingerprint density at radius 1 is 1.07 bits per heavy atom. The Balaban J connectivity index is 2.05. The van der Waals surface area contributed by atoms with Crippen molar-refractivity contribution in [3.05, 3.63) is 52.0 Å². The lowest BCUT2D eigenvalue weighted by molar-refractivity contribution is -0.137. The van der Waals surface area contributed by atoms with Crippen molar-refractivity contribution in [1.29, 1.82) is 0 Å². The van der Waals surface area contributed by atoms with Crippen LogP contribution >= 0.6 is 23.2 Å². The van der Waals surface area contributed by atoms with Gasteiger partial charge in [-0.2, -0.15) is 13.2 Å². The number of nitrogens with zero attached hydrogens (tertiary/aromatic N) is 3. The minimum absolute atomic E-state index is 0.0236. The highest BCUT2D eigenvalue weighted by atomic mass is 35.5. The molecule has 0 aliphatic rings. The fourth-order valence-corrected chi connectivity index (χ4v) is 3.67. The maximum Gasteiger partial charge on any atom is 0.417 e. The van der Waals surface area contributed by atoms with Crippen molar-refractivity contribution in [2.45, 2.75) is 11.1 Å². The highest BCUT2D eigenvalue weighted by molar-refractivity contribution is 7.92. The van der Waals surface area contributed by atoms with E-state index in [0.29, 0.717) is 6.07 Å². The molecular formula is C14H8Cl2F3N5O2S. The fraction of sp³-hybridized carbons (Fsp3) is 0.0714. The number of aromatic amines is 1. The number of halogens is 5. The summed E-state index contributed by atoms with van der Waals surface area (Å²) in [6.07, 6.45) is -4.81. The molecule has 3 aromatic rings. The smallest absolute Gasteiger partial charge is 0.279 e. The number of tetrazole rings is 1. The molecule has 27 heavy (non-hydrogen) atoms. The Labute approximate surface area is 160 Å². The Kier molecular flexibility index (Phi) is 5.02. The van der Waals surface area contributed by atoms with Gasteiger partial charge in [0.05, 0.1) is 21.2 Å². The van der Waals surface area contributed by atoms with Crippen LogP contribution in [0, 0.1) is 0 Å². The molecule has 1 heterocycles. The first-order valence-electron chi connectivity index (χ1n) is 7.01. The molecule has 7 nitrogen and oxygen atoms in total. The molecule has 2 aromatic carbocycles. The van der Waals surface area contributed by atoms with Gasteiger partial charge < -0.3 is 0 Å². The molecule has 3 rings (SSSR count). The highest BCUT2D eigenvalue weighted by Gasteiger charge is 2.34. The van der Waals surface area contributed by atoms with E-state index < -0.39 is 31.7 Å². The second kappa shape index (κ2) is 6.98. The minimum Gasteiger partial charge on any atom is -0.279 e. The van der Waals surface area contributed by atoms with E-state index in [1.165, 1.54) is 18.2 Å². The van der Waals surface area contributed by atoms with Gasteiger partial charge in [0.2, 0.25) is 0 Å². The molecule has 0 fully saturated rings. The highest BCUT2D eigenvalue weighted by Crippen LogP contribution is 2.36. The molecule has 0 saturated heterocycles. The first-order valence-corrected chi connectivity index (χ1v) is 9.25. The van der Waals surface area contributed by atoms with Crippen LogP contribution < -0.4 is 4.72 Å². The van der Waals surface area contributed by atoms with Crippen molar-refractivity contribution in [1.82, 2.24) is 20.6 Å². The third-order valence-corrected chi connectivity index (χ3v) is 5.31. The number of nitrogens with one attached hydrogen (secondary N) is 2. The molecule has 0 amide bonds. The number of aromatic nitrogens is 4. The van der Waals surface area contributed by atoms with Gasteiger partial charge in [-0.25, -0.2) is 13.5 Å². The van der Waals surface area contributed by atoms with Crippen molar-refractivity contribution in [2.75, 3.05) is 4.72 Å². The molecule has 13 heteroatoms. The van der Waals surface area contributed by atoms with E-state index in [1.807, 2.05) is 0 Å². The third kappa shape index (κ3) is 4.15. The summed E-state index contributed by atoms with van der Waals surface area (Å²) in [6, 6.07) is 6.47. The molecule has 0 radical (unpaired) electrons. The monoisotopic (exact) mass is 437 g/mol. The summed E-state index contributed by atoms with van der Waals surface area (Å²) in [5, 5.41) is 12.5. The summed E-state index contributed by atoms with van der Waals surface area (Å²) in [7, 11) is -4.39. The summed E-state index contributed by atoms with van der Waals surface area (Å²) in [5.41, 5.74) is -1.04. The molecule has 0 bridgehead atoms. The lowest BCUT2D eigenvalue weighted by atomic mass is 10.2. The van der Waals surface area contributed by atoms with Gasteiger partial charge in [0.1, 0.15) is 0 Å². The number of hydrogen-bond donors (Lipinski definition) is 2. The maximum atomic E-state index is 13.0. The second-order valence-corrected chi connectivity index (χ2v) is 7.71. The van der Waals surface area contributed by atoms with E-state index in [4.69, 9.17) is 23.2 Å². The zero-order chi connectivity index (χ0) is 19.8. The summed E-state index contributed by atoms with van der Waals surface area (Å²) >= 11 is 11.4. The first kappa shape index (κ1) is 19.4. The summed E-state index contributed by atoms with van der Waals surface area (Å²) in [5.74, 6) is 0.136. The Bertz CT molecular complexity index is 1090. The quantitative estimate of drug-likeness (QED) is 0.642. The zero-order valence-corrected chi connectivity index (χ0v) is 15.2. The van der Waals surface area contributed by atoms with E-state index in [1.54, 1.807) is 0 Å². The molecular weight excluding hydrogens is 430 g/mol. The first-order chi connectivity index (χ1) is 12.6. The van der Waals surface area contributed by atoms with E-state index in [9.17, 15) is 21.6 Å². The second-order valence-electron chi connectivity index (χ2n) is 5.18. The van der Waals surface area contributed by atoms with Crippen molar-refractivity contribution >= 4 is 38.9 Å². The minimum atomic E-state index is -4.81. The predicted octanol–water partition coefficient (Wildman–Crippen LogP) is 3.99. The average Bonchev–Trinajstić information content (AvgIpc) is 3.08. The van der Waals surface area contributed by atoms with Crippen LogP contribution in [0.3, 0.4) is 0 Å². The molecule has 142 valence electrons. The van der Waals surface area contributed by atoms with Crippen molar-refractivity contribution in [2.24, 2.45) is 0 Å². The zero-order valence-electron chi connectivity index (χ0n) is 12.9. The summed E-state index contributed by atoms with van der Waals surface area (Å²) < 4.78 is 66.4. The molecule has 1 aromatic heterocycles. The lowest BCUT2D eigenvalue weighted by Gasteiger charge is -2.14. The topological polar surface area (TPSA) is 101 Å². The van der Waals surface area contributed by atoms with Crippen LogP contribution in [0.4, 0.5) is 18.9 Å². The predicted molar refractivity (Wildman–Crippen MR) is 91.9 cm³/mol. The van der Waals surface area contributed by atoms with Gasteiger partial charge in [-0.1, -0.05) is 23.2 Å². The van der Waals surface area contributed by atoms with Crippen LogP contribution in [0.25, 0.3) is 11.4 Å². The van der Waals surface area contributed by atoms with Gasteiger partial charge in [0, 0.05) is 10.6 Å². The summed E-state index contributed by atoms with van der Waals surface area (Å²) in [4.78, 5) is -0.624. The number of rotatable bonds is 4. The van der Waals surface area contributed by atoms with Crippen molar-refractivity contribution in [3.8, 4) is 11.4 Å². The van der Waals surface area contributed by atoms with Gasteiger partial charge in [-0.05, 0) is 46.8 Å². The number of anilines is 1. The van der Waals surface area contributed by atoms with Gasteiger partial charge in [-0.3, -0.25) is 4.72 Å². The summed E-state index contributed by atoms with van der Waals surface area (Å²) in [6.45, 7) is 0. The van der Waals surface area contributed by atoms with E-state index in [0.717, 1.165) is 12.1 Å². The molecule has 0 saturated carbocycles. The molecule has 0 spiro atoms. The molecule has 0 aliphatic heterocycles. The Morgan fingerprint density at radius 3 is 2.44 bits per heavy atom. The van der Waals surface area contributed by atoms with Crippen LogP contribution in [0.1, 0.15) is 5.56 Å². The van der Waals surface area contributed by atoms with Gasteiger partial charge >= 0.3 is 6.18 Å². The van der Waals surface area contributed by atoms with Crippen molar-refractivity contribution < 1.29 is 21.6 Å². The van der Waals surface area contributed by atoms with Crippen LogP contribution in [0.15, 0.2) is 41.3 Å². The average molecular weight is 438 g/mol. The Morgan fingerprint density at radius 2 is 1.81 bits per heavy atom. The van der Waals surface area contributed by atoms with E-state index in [2.05, 4.69) is 25.3 Å². The standard InChI is InChI=1S/C14H8Cl2F3N5O2S/c15-7-1-3-9(13-20-23-24-21-13)12(5-7)22-27(25,26)8-2-4-11(16)10(6-8)14(17,18)19/h1-6,22H,(H,20,21,23,24). The number of H-pyrrole nitrogens is 1. The van der Waals surface area contributed by atoms with Crippen LogP contribution in [0.2, 0.25) is 10.0 Å². The van der Waals surface area contributed by atoms with Crippen LogP contribution in [-0.4, -0.2) is 29.0 Å². The van der Waals surface area contributed by atoms with Gasteiger partial charge in [0.15, 0.2) is 5.82 Å². The molecule has 0 aliphatic carbocycles. The third-order valence-electron chi connectivity index (χ3n) is 3.38. The number of sulfonamides is 1. The largest absolute Gasteiger partial charge is 0.417 e. The molecule has 0 unspecified atom stereocenters. The van der Waals surface area contributed by atoms with E-state index in [-0.39, 0.29) is 22.1 Å². The Hall–Kier alpha value is -2.37. The van der Waals surface area contributed by atoms with Gasteiger partial charge in [0.25, 0.3) is 10.0 Å². The number of hydrogen-bond acceptors (Lipinski definition) is 5. The van der Waals surface area contributed by atoms with E-state index >= 15 is 0 Å². The number of alkyl halides is 3. The fourth-order valence-electron chi connectivity index (χ4n) is 2.17. The molecule has 0 atom stereocenters. The van der Waals surface area contributed by atoms with Crippen LogP contribution in [-0.2, 0) is 16.2 Å². The lowest BCUT2D eigenvalue weighted by Crippen LogP contribution is -2.15. The normalized spacial score (nSPS) is 12.2. The van der Waals surface area contributed by atoms with Gasteiger partial charge in [-0.15, -0.1) is 5.10 Å². The van der Waals surface area contributed by atoms with Crippen molar-refractivity contribution in [3.63, 3.8) is 0 Å². The SMILES string of the molecule is O=S(=O)(Nc1cc(Cl)ccc1-c1nnn[nH]1)c1ccc(Cl)c(C(F)(F)F)c1.